The third-order valence-corrected chi connectivity index (χ3v) is 4.75. The summed E-state index contributed by atoms with van der Waals surface area (Å²) in [4.78, 5) is 14.5. The van der Waals surface area contributed by atoms with E-state index in [0.717, 1.165) is 5.56 Å². The van der Waals surface area contributed by atoms with Gasteiger partial charge in [0.15, 0.2) is 0 Å². The van der Waals surface area contributed by atoms with Crippen molar-refractivity contribution in [2.75, 3.05) is 0 Å². The van der Waals surface area contributed by atoms with Crippen LogP contribution in [0.3, 0.4) is 0 Å². The second kappa shape index (κ2) is 6.67. The number of carbonyl (C=O) groups excluding carboxylic acids is 1. The summed E-state index contributed by atoms with van der Waals surface area (Å²) in [6.45, 7) is 5.53. The Kier molecular flexibility index (Phi) is 5.06. The summed E-state index contributed by atoms with van der Waals surface area (Å²) in [6.07, 6.45) is 1.95. The Morgan fingerprint density at radius 1 is 1.52 bits per heavy atom. The first-order chi connectivity index (χ1) is 10.8. The van der Waals surface area contributed by atoms with Crippen molar-refractivity contribution in [2.24, 2.45) is 11.1 Å². The topological polar surface area (TPSA) is 70.1 Å². The first-order valence-electron chi connectivity index (χ1n) is 8.06. The summed E-state index contributed by atoms with van der Waals surface area (Å²) in [7, 11) is 0. The van der Waals surface area contributed by atoms with E-state index in [1.807, 2.05) is 26.8 Å². The van der Waals surface area contributed by atoms with Crippen LogP contribution in [0.5, 0.6) is 0 Å². The number of likely N-dealkylation sites (tertiary alicyclic amines) is 1. The molecule has 23 heavy (non-hydrogen) atoms. The highest BCUT2D eigenvalue weighted by atomic mass is 19.1. The number of nitrogens with two attached hydrogens (primary N) is 1. The van der Waals surface area contributed by atoms with Gasteiger partial charge in [-0.15, -0.1) is 0 Å². The van der Waals surface area contributed by atoms with Crippen LogP contribution >= 0.6 is 0 Å². The van der Waals surface area contributed by atoms with E-state index in [9.17, 15) is 14.4 Å². The van der Waals surface area contributed by atoms with Gasteiger partial charge in [-0.2, -0.15) is 5.26 Å². The summed E-state index contributed by atoms with van der Waals surface area (Å²) >= 11 is 0. The van der Waals surface area contributed by atoms with Crippen molar-refractivity contribution >= 4 is 5.91 Å². The highest BCUT2D eigenvalue weighted by molar-refractivity contribution is 5.82. The molecule has 1 heterocycles. The lowest BCUT2D eigenvalue weighted by atomic mass is 9.84. The number of carbonyl (C=O) groups is 1. The van der Waals surface area contributed by atoms with Crippen molar-refractivity contribution in [3.05, 3.63) is 35.6 Å². The molecule has 3 atom stereocenters. The molecule has 1 amide bonds. The van der Waals surface area contributed by atoms with E-state index in [0.29, 0.717) is 19.3 Å². The van der Waals surface area contributed by atoms with E-state index in [4.69, 9.17) is 5.73 Å². The molecule has 1 fully saturated rings. The minimum Gasteiger partial charge on any atom is -0.330 e. The average molecular weight is 317 g/mol. The summed E-state index contributed by atoms with van der Waals surface area (Å²) in [5, 5.41) is 9.47. The summed E-state index contributed by atoms with van der Waals surface area (Å²) in [5.41, 5.74) is 6.05. The smallest absolute Gasteiger partial charge is 0.240 e. The maximum absolute atomic E-state index is 13.6. The zero-order valence-electron chi connectivity index (χ0n) is 13.9. The molecular weight excluding hydrogens is 293 g/mol. The van der Waals surface area contributed by atoms with Gasteiger partial charge < -0.3 is 10.6 Å². The molecule has 0 saturated carbocycles. The van der Waals surface area contributed by atoms with Crippen molar-refractivity contribution < 1.29 is 9.18 Å². The number of hydrogen-bond donors (Lipinski definition) is 1. The lowest BCUT2D eigenvalue weighted by Gasteiger charge is -2.37. The first-order valence-corrected chi connectivity index (χ1v) is 8.06. The highest BCUT2D eigenvalue weighted by Gasteiger charge is 2.46. The van der Waals surface area contributed by atoms with Crippen molar-refractivity contribution in [2.45, 2.75) is 58.2 Å². The molecule has 0 aliphatic carbocycles. The second-order valence-corrected chi connectivity index (χ2v) is 6.76. The number of nitrogens with zero attached hydrogens (tertiary/aromatic N) is 2. The zero-order valence-corrected chi connectivity index (χ0v) is 13.9. The van der Waals surface area contributed by atoms with Crippen molar-refractivity contribution in [3.8, 4) is 6.07 Å². The van der Waals surface area contributed by atoms with Gasteiger partial charge in [-0.05, 0) is 50.8 Å². The number of nitriles is 1. The molecule has 1 saturated heterocycles. The van der Waals surface area contributed by atoms with E-state index >= 15 is 0 Å². The first kappa shape index (κ1) is 17.4. The maximum atomic E-state index is 13.6. The third-order valence-electron chi connectivity index (χ3n) is 4.75. The van der Waals surface area contributed by atoms with Crippen LogP contribution in [-0.4, -0.2) is 22.9 Å². The predicted molar refractivity (Wildman–Crippen MR) is 86.7 cm³/mol. The van der Waals surface area contributed by atoms with Gasteiger partial charge in [0.2, 0.25) is 5.91 Å². The molecule has 2 N–H and O–H groups in total. The minimum absolute atomic E-state index is 0.160. The van der Waals surface area contributed by atoms with Gasteiger partial charge >= 0.3 is 0 Å². The molecule has 1 aliphatic heterocycles. The monoisotopic (exact) mass is 317 g/mol. The van der Waals surface area contributed by atoms with Crippen LogP contribution < -0.4 is 5.73 Å². The predicted octanol–water partition coefficient (Wildman–Crippen LogP) is 3.14. The van der Waals surface area contributed by atoms with E-state index in [1.165, 1.54) is 12.1 Å². The highest BCUT2D eigenvalue weighted by Crippen LogP contribution is 2.43. The molecule has 2 rings (SSSR count). The molecule has 1 aliphatic rings. The Hall–Kier alpha value is -1.93. The number of rotatable bonds is 4. The standard InChI is InChI=1S/C18H24FN3O/c1-4-14(21)17(23)22-15(12-6-5-7-13(19)10-12)8-9-16(22)18(2,3)11-20/h5-7,10,14-16H,4,8-9,21H2,1-3H3/t14-,15+,16-/m1/s1. The summed E-state index contributed by atoms with van der Waals surface area (Å²) in [5.74, 6) is -0.481. The van der Waals surface area contributed by atoms with Crippen molar-refractivity contribution in [1.29, 1.82) is 5.26 Å². The molecule has 124 valence electrons. The van der Waals surface area contributed by atoms with Crippen LogP contribution in [0.25, 0.3) is 0 Å². The summed E-state index contributed by atoms with van der Waals surface area (Å²) in [6, 6.07) is 7.58. The normalized spacial score (nSPS) is 22.7. The van der Waals surface area contributed by atoms with Crippen LogP contribution in [0, 0.1) is 22.6 Å². The van der Waals surface area contributed by atoms with Crippen LogP contribution in [0.1, 0.15) is 51.6 Å². The van der Waals surface area contributed by atoms with Crippen LogP contribution in [0.2, 0.25) is 0 Å². The Labute approximate surface area is 137 Å². The molecule has 5 heteroatoms. The van der Waals surface area contributed by atoms with Crippen LogP contribution in [0.15, 0.2) is 24.3 Å². The molecule has 0 radical (unpaired) electrons. The zero-order chi connectivity index (χ0) is 17.2. The van der Waals surface area contributed by atoms with Gasteiger partial charge in [-0.25, -0.2) is 4.39 Å². The van der Waals surface area contributed by atoms with Gasteiger partial charge in [-0.3, -0.25) is 4.79 Å². The molecular formula is C18H24FN3O. The number of hydrogen-bond acceptors (Lipinski definition) is 3. The molecule has 1 aromatic carbocycles. The van der Waals surface area contributed by atoms with Crippen LogP contribution in [-0.2, 0) is 4.79 Å². The van der Waals surface area contributed by atoms with E-state index < -0.39 is 11.5 Å². The average Bonchev–Trinajstić information content (AvgIpc) is 2.99. The number of halogens is 1. The quantitative estimate of drug-likeness (QED) is 0.927. The molecule has 0 spiro atoms. The Balaban J connectivity index is 2.43. The third kappa shape index (κ3) is 3.37. The second-order valence-electron chi connectivity index (χ2n) is 6.76. The van der Waals surface area contributed by atoms with Gasteiger partial charge in [-0.1, -0.05) is 19.1 Å². The fourth-order valence-electron chi connectivity index (χ4n) is 3.31. The van der Waals surface area contributed by atoms with E-state index in [2.05, 4.69) is 6.07 Å². The molecule has 0 bridgehead atoms. The van der Waals surface area contributed by atoms with E-state index in [-0.39, 0.29) is 23.8 Å². The van der Waals surface area contributed by atoms with Gasteiger partial charge in [0.25, 0.3) is 0 Å². The Bertz CT molecular complexity index is 623. The molecule has 0 aromatic heterocycles. The Morgan fingerprint density at radius 3 is 2.78 bits per heavy atom. The number of benzene rings is 1. The van der Waals surface area contributed by atoms with Gasteiger partial charge in [0.05, 0.1) is 29.6 Å². The Morgan fingerprint density at radius 2 is 2.22 bits per heavy atom. The lowest BCUT2D eigenvalue weighted by molar-refractivity contribution is -0.137. The van der Waals surface area contributed by atoms with E-state index in [1.54, 1.807) is 11.0 Å². The van der Waals surface area contributed by atoms with Crippen LogP contribution in [0.4, 0.5) is 4.39 Å². The molecule has 0 unspecified atom stereocenters. The van der Waals surface area contributed by atoms with Gasteiger partial charge in [0.1, 0.15) is 5.82 Å². The SMILES string of the molecule is CC[C@@H](N)C(=O)N1[C@H](c2cccc(F)c2)CC[C@@H]1C(C)(C)C#N. The van der Waals surface area contributed by atoms with Crippen molar-refractivity contribution in [1.82, 2.24) is 4.90 Å². The largest absolute Gasteiger partial charge is 0.330 e. The lowest BCUT2D eigenvalue weighted by Crippen LogP contribution is -2.50. The minimum atomic E-state index is -0.675. The van der Waals surface area contributed by atoms with Crippen molar-refractivity contribution in [3.63, 3.8) is 0 Å². The number of amides is 1. The fraction of sp³-hybridized carbons (Fsp3) is 0.556. The maximum Gasteiger partial charge on any atom is 0.240 e. The van der Waals surface area contributed by atoms with Gasteiger partial charge in [0, 0.05) is 0 Å². The summed E-state index contributed by atoms with van der Waals surface area (Å²) < 4.78 is 13.6. The molecule has 4 nitrogen and oxygen atoms in total. The fourth-order valence-corrected chi connectivity index (χ4v) is 3.31. The molecule has 1 aromatic rings.